The molecule has 0 radical (unpaired) electrons. The van der Waals surface area contributed by atoms with Crippen LogP contribution in [0.5, 0.6) is 0 Å². The Morgan fingerprint density at radius 2 is 1.26 bits per heavy atom. The van der Waals surface area contributed by atoms with E-state index in [1.165, 1.54) is 0 Å². The van der Waals surface area contributed by atoms with E-state index in [0.717, 1.165) is 0 Å². The van der Waals surface area contributed by atoms with Crippen LogP contribution in [0.4, 0.5) is 0 Å². The molecule has 13 nitrogen and oxygen atoms in total. The SMILES string of the molecule is NC(CS)C(=O)NC(CC(=O)O)C(=O)NC(CO)C(=O)NC(CO)C(=O)O. The summed E-state index contributed by atoms with van der Waals surface area (Å²) in [5.74, 6) is -6.19. The van der Waals surface area contributed by atoms with Crippen molar-refractivity contribution in [2.75, 3.05) is 19.0 Å². The molecule has 0 rings (SSSR count). The van der Waals surface area contributed by atoms with E-state index < -0.39 is 73.5 Å². The van der Waals surface area contributed by atoms with Gasteiger partial charge in [-0.15, -0.1) is 0 Å². The number of aliphatic hydroxyl groups excluding tert-OH is 2. The van der Waals surface area contributed by atoms with E-state index >= 15 is 0 Å². The molecule has 14 heteroatoms. The summed E-state index contributed by atoms with van der Waals surface area (Å²) < 4.78 is 0. The summed E-state index contributed by atoms with van der Waals surface area (Å²) in [6, 6.07) is -6.06. The van der Waals surface area contributed by atoms with Crippen molar-refractivity contribution < 1.29 is 44.4 Å². The third-order valence-corrected chi connectivity index (χ3v) is 3.55. The fourth-order valence-electron chi connectivity index (χ4n) is 1.67. The van der Waals surface area contributed by atoms with Crippen LogP contribution in [0.1, 0.15) is 6.42 Å². The minimum absolute atomic E-state index is 0.0767. The first-order valence-corrected chi connectivity index (χ1v) is 8.14. The van der Waals surface area contributed by atoms with Crippen LogP contribution in [0.2, 0.25) is 0 Å². The van der Waals surface area contributed by atoms with Crippen LogP contribution >= 0.6 is 12.6 Å². The molecule has 9 N–H and O–H groups in total. The normalized spacial score (nSPS) is 15.0. The van der Waals surface area contributed by atoms with Crippen molar-refractivity contribution in [3.63, 3.8) is 0 Å². The number of carbonyl (C=O) groups is 5. The zero-order valence-corrected chi connectivity index (χ0v) is 14.9. The first kappa shape index (κ1) is 24.6. The number of hydrogen-bond acceptors (Lipinski definition) is 9. The molecule has 0 aromatic heterocycles. The third kappa shape index (κ3) is 8.67. The zero-order chi connectivity index (χ0) is 21.1. The summed E-state index contributed by atoms with van der Waals surface area (Å²) in [5, 5.41) is 41.7. The van der Waals surface area contributed by atoms with Crippen LogP contribution in [-0.4, -0.2) is 93.2 Å². The molecule has 0 aromatic carbocycles. The predicted octanol–water partition coefficient (Wildman–Crippen LogP) is -4.76. The van der Waals surface area contributed by atoms with E-state index in [2.05, 4.69) is 17.9 Å². The van der Waals surface area contributed by atoms with Crippen molar-refractivity contribution in [1.29, 1.82) is 0 Å². The Labute approximate surface area is 158 Å². The molecule has 4 atom stereocenters. The molecule has 0 heterocycles. The van der Waals surface area contributed by atoms with Gasteiger partial charge in [0, 0.05) is 5.75 Å². The Hall–Kier alpha value is -2.42. The van der Waals surface area contributed by atoms with Crippen LogP contribution in [0.3, 0.4) is 0 Å². The molecule has 0 aromatic rings. The molecule has 0 saturated heterocycles. The molecule has 0 aliphatic carbocycles. The predicted molar refractivity (Wildman–Crippen MR) is 91.7 cm³/mol. The molecule has 3 amide bonds. The number of nitrogens with two attached hydrogens (primary N) is 1. The summed E-state index contributed by atoms with van der Waals surface area (Å²) in [6.07, 6.45) is -0.842. The molecule has 154 valence electrons. The Bertz CT molecular complexity index is 574. The van der Waals surface area contributed by atoms with Gasteiger partial charge < -0.3 is 42.1 Å². The van der Waals surface area contributed by atoms with Crippen molar-refractivity contribution in [2.45, 2.75) is 30.6 Å². The van der Waals surface area contributed by atoms with Gasteiger partial charge in [0.15, 0.2) is 0 Å². The van der Waals surface area contributed by atoms with Gasteiger partial charge in [0.25, 0.3) is 0 Å². The highest BCUT2D eigenvalue weighted by Gasteiger charge is 2.30. The molecule has 0 saturated carbocycles. The number of carbonyl (C=O) groups excluding carboxylic acids is 3. The van der Waals surface area contributed by atoms with E-state index in [1.54, 1.807) is 0 Å². The summed E-state index contributed by atoms with van der Waals surface area (Å²) in [4.78, 5) is 57.5. The molecule has 0 fully saturated rings. The van der Waals surface area contributed by atoms with E-state index in [0.29, 0.717) is 0 Å². The Balaban J connectivity index is 5.13. The fourth-order valence-corrected chi connectivity index (χ4v) is 1.84. The first-order valence-electron chi connectivity index (χ1n) is 7.51. The molecule has 4 unspecified atom stereocenters. The van der Waals surface area contributed by atoms with Gasteiger partial charge in [-0.05, 0) is 0 Å². The van der Waals surface area contributed by atoms with Gasteiger partial charge in [0.1, 0.15) is 18.1 Å². The van der Waals surface area contributed by atoms with E-state index in [9.17, 15) is 29.1 Å². The lowest BCUT2D eigenvalue weighted by Gasteiger charge is -2.23. The minimum Gasteiger partial charge on any atom is -0.481 e. The molecular formula is C13H22N4O9S. The number of carboxylic acid groups (broad SMARTS) is 2. The molecule has 27 heavy (non-hydrogen) atoms. The standard InChI is InChI=1S/C13H22N4O9S/c14-5(4-27)10(22)15-6(1-9(20)21)11(23)16-7(2-18)12(24)17-8(3-19)13(25)26/h5-8,18-19,27H,1-4,14H2,(H,15,22)(H,16,23)(H,17,24)(H,20,21)(H,25,26). The number of nitrogens with one attached hydrogen (secondary N) is 3. The second-order valence-corrected chi connectivity index (χ2v) is 5.64. The number of aliphatic carboxylic acids is 2. The average molecular weight is 410 g/mol. The van der Waals surface area contributed by atoms with Gasteiger partial charge in [-0.3, -0.25) is 19.2 Å². The Kier molecular flexibility index (Phi) is 11.0. The highest BCUT2D eigenvalue weighted by atomic mass is 32.1. The topological polar surface area (TPSA) is 228 Å². The van der Waals surface area contributed by atoms with E-state index in [4.69, 9.17) is 21.1 Å². The van der Waals surface area contributed by atoms with Crippen molar-refractivity contribution in [2.24, 2.45) is 5.73 Å². The van der Waals surface area contributed by atoms with Gasteiger partial charge in [-0.25, -0.2) is 4.79 Å². The second-order valence-electron chi connectivity index (χ2n) is 5.27. The van der Waals surface area contributed by atoms with Crippen LogP contribution in [0, 0.1) is 0 Å². The highest BCUT2D eigenvalue weighted by Crippen LogP contribution is 1.98. The molecule has 0 aliphatic rings. The smallest absolute Gasteiger partial charge is 0.328 e. The lowest BCUT2D eigenvalue weighted by molar-refractivity contribution is -0.144. The lowest BCUT2D eigenvalue weighted by atomic mass is 10.1. The molecule has 0 spiro atoms. The van der Waals surface area contributed by atoms with Crippen molar-refractivity contribution in [1.82, 2.24) is 16.0 Å². The minimum atomic E-state index is -1.67. The first-order chi connectivity index (χ1) is 12.6. The molecule has 0 aliphatic heterocycles. The van der Waals surface area contributed by atoms with E-state index in [-0.39, 0.29) is 5.75 Å². The quantitative estimate of drug-likeness (QED) is 0.139. The summed E-state index contributed by atoms with van der Waals surface area (Å²) in [7, 11) is 0. The Morgan fingerprint density at radius 1 is 0.815 bits per heavy atom. The number of hydrogen-bond donors (Lipinski definition) is 9. The number of amides is 3. The fraction of sp³-hybridized carbons (Fsp3) is 0.615. The third-order valence-electron chi connectivity index (χ3n) is 3.16. The second kappa shape index (κ2) is 12.1. The highest BCUT2D eigenvalue weighted by molar-refractivity contribution is 7.80. The van der Waals surface area contributed by atoms with Gasteiger partial charge >= 0.3 is 11.9 Å². The van der Waals surface area contributed by atoms with Crippen LogP contribution in [0.15, 0.2) is 0 Å². The average Bonchev–Trinajstić information content (AvgIpc) is 2.61. The van der Waals surface area contributed by atoms with Crippen LogP contribution < -0.4 is 21.7 Å². The van der Waals surface area contributed by atoms with Crippen molar-refractivity contribution >= 4 is 42.3 Å². The van der Waals surface area contributed by atoms with Gasteiger partial charge in [0.2, 0.25) is 17.7 Å². The number of thiol groups is 1. The summed E-state index contributed by atoms with van der Waals surface area (Å²) in [6.45, 7) is -1.90. The molecular weight excluding hydrogens is 388 g/mol. The maximum absolute atomic E-state index is 12.2. The maximum Gasteiger partial charge on any atom is 0.328 e. The van der Waals surface area contributed by atoms with Crippen LogP contribution in [0.25, 0.3) is 0 Å². The van der Waals surface area contributed by atoms with Gasteiger partial charge in [-0.1, -0.05) is 0 Å². The van der Waals surface area contributed by atoms with E-state index in [1.807, 2.05) is 10.6 Å². The number of carboxylic acids is 2. The van der Waals surface area contributed by atoms with Crippen molar-refractivity contribution in [3.05, 3.63) is 0 Å². The van der Waals surface area contributed by atoms with Gasteiger partial charge in [0.05, 0.1) is 25.7 Å². The maximum atomic E-state index is 12.2. The number of rotatable bonds is 12. The van der Waals surface area contributed by atoms with Crippen molar-refractivity contribution in [3.8, 4) is 0 Å². The Morgan fingerprint density at radius 3 is 1.67 bits per heavy atom. The lowest BCUT2D eigenvalue weighted by Crippen LogP contribution is -2.58. The number of aliphatic hydroxyl groups is 2. The molecule has 0 bridgehead atoms. The monoisotopic (exact) mass is 410 g/mol. The summed E-state index contributed by atoms with van der Waals surface area (Å²) in [5.41, 5.74) is 5.42. The van der Waals surface area contributed by atoms with Crippen LogP contribution in [-0.2, 0) is 24.0 Å². The largest absolute Gasteiger partial charge is 0.481 e. The van der Waals surface area contributed by atoms with Gasteiger partial charge in [-0.2, -0.15) is 12.6 Å². The zero-order valence-electron chi connectivity index (χ0n) is 14.0. The summed E-state index contributed by atoms with van der Waals surface area (Å²) >= 11 is 3.80.